The van der Waals surface area contributed by atoms with Gasteiger partial charge < -0.3 is 0 Å². The summed E-state index contributed by atoms with van der Waals surface area (Å²) < 4.78 is 42.3. The monoisotopic (exact) mass is 364 g/mol. The molecular formula is C20H23F3N2O. The second-order valence-electron chi connectivity index (χ2n) is 6.74. The summed E-state index contributed by atoms with van der Waals surface area (Å²) in [7, 11) is 0. The molecule has 1 atom stereocenters. The van der Waals surface area contributed by atoms with E-state index in [0.717, 1.165) is 29.7 Å². The minimum absolute atomic E-state index is 0.0562. The number of aryl methyl sites for hydroxylation is 1. The molecule has 1 N–H and O–H groups in total. The lowest BCUT2D eigenvalue weighted by molar-refractivity contribution is -0.190. The highest BCUT2D eigenvalue weighted by Crippen LogP contribution is 2.42. The molecule has 3 nitrogen and oxygen atoms in total. The lowest BCUT2D eigenvalue weighted by atomic mass is 9.90. The van der Waals surface area contributed by atoms with Crippen LogP contribution >= 0.6 is 0 Å². The summed E-state index contributed by atoms with van der Waals surface area (Å²) in [6.07, 6.45) is -0.970. The number of carbonyl (C=O) groups excluding carboxylic acids is 1. The van der Waals surface area contributed by atoms with E-state index in [1.807, 2.05) is 24.3 Å². The molecule has 0 spiro atoms. The number of fused-ring (bicyclic) bond motifs is 1. The fraction of sp³-hybridized carbons (Fsp3) is 0.450. The Morgan fingerprint density at radius 3 is 2.58 bits per heavy atom. The number of hydrazine groups is 1. The Labute approximate surface area is 151 Å². The average Bonchev–Trinajstić information content (AvgIpc) is 3.01. The van der Waals surface area contributed by atoms with Gasteiger partial charge in [0, 0.05) is 13.0 Å². The summed E-state index contributed by atoms with van der Waals surface area (Å²) in [5, 5.41) is 2.43. The third-order valence-electron chi connectivity index (χ3n) is 4.85. The standard InChI is InChI=1S/C20H23F3N2O/c1-2-3-4-8-15-11-10-14-7-5-6-9-16(14)18(15)19(20(21,22)23)25-13-12-17(26)24-25/h5-7,9-11,19H,2-4,8,12-13H2,1H3,(H,24,26)/t19-/m0/s1. The van der Waals surface area contributed by atoms with E-state index in [2.05, 4.69) is 12.3 Å². The van der Waals surface area contributed by atoms with Crippen molar-refractivity contribution in [3.8, 4) is 0 Å². The average molecular weight is 364 g/mol. The topological polar surface area (TPSA) is 32.3 Å². The van der Waals surface area contributed by atoms with E-state index in [4.69, 9.17) is 0 Å². The second-order valence-corrected chi connectivity index (χ2v) is 6.74. The molecule has 0 bridgehead atoms. The van der Waals surface area contributed by atoms with Crippen molar-refractivity contribution in [2.45, 2.75) is 51.2 Å². The second kappa shape index (κ2) is 7.66. The van der Waals surface area contributed by atoms with Crippen LogP contribution in [-0.2, 0) is 11.2 Å². The smallest absolute Gasteiger partial charge is 0.288 e. The predicted octanol–water partition coefficient (Wildman–Crippen LogP) is 4.91. The van der Waals surface area contributed by atoms with Gasteiger partial charge in [-0.15, -0.1) is 0 Å². The molecule has 2 aromatic carbocycles. The van der Waals surface area contributed by atoms with Gasteiger partial charge in [0.05, 0.1) is 0 Å². The van der Waals surface area contributed by atoms with Crippen LogP contribution in [0.4, 0.5) is 13.2 Å². The molecule has 0 saturated carbocycles. The van der Waals surface area contributed by atoms with Crippen molar-refractivity contribution in [3.63, 3.8) is 0 Å². The van der Waals surface area contributed by atoms with Gasteiger partial charge in [0.25, 0.3) is 0 Å². The Hall–Kier alpha value is -2.08. The predicted molar refractivity (Wildman–Crippen MR) is 95.4 cm³/mol. The van der Waals surface area contributed by atoms with Crippen LogP contribution in [0.5, 0.6) is 0 Å². The molecular weight excluding hydrogens is 341 g/mol. The summed E-state index contributed by atoms with van der Waals surface area (Å²) in [5.41, 5.74) is 3.37. The zero-order chi connectivity index (χ0) is 18.7. The Balaban J connectivity index is 2.13. The normalized spacial score (nSPS) is 16.8. The Kier molecular flexibility index (Phi) is 5.51. The number of nitrogens with one attached hydrogen (secondary N) is 1. The van der Waals surface area contributed by atoms with E-state index in [-0.39, 0.29) is 24.4 Å². The first-order valence-electron chi connectivity index (χ1n) is 9.05. The van der Waals surface area contributed by atoms with Crippen molar-refractivity contribution in [2.24, 2.45) is 0 Å². The third-order valence-corrected chi connectivity index (χ3v) is 4.85. The Bertz CT molecular complexity index is 788. The first-order chi connectivity index (χ1) is 12.4. The zero-order valence-corrected chi connectivity index (χ0v) is 14.8. The maximum atomic E-state index is 14.1. The van der Waals surface area contributed by atoms with Crippen molar-refractivity contribution in [1.82, 2.24) is 10.4 Å². The molecule has 1 aliphatic rings. The van der Waals surface area contributed by atoms with Gasteiger partial charge in [-0.1, -0.05) is 56.2 Å². The van der Waals surface area contributed by atoms with Crippen LogP contribution in [-0.4, -0.2) is 23.6 Å². The van der Waals surface area contributed by atoms with Crippen LogP contribution < -0.4 is 5.43 Å². The molecule has 26 heavy (non-hydrogen) atoms. The lowest BCUT2D eigenvalue weighted by Gasteiger charge is -2.31. The fourth-order valence-electron chi connectivity index (χ4n) is 3.63. The van der Waals surface area contributed by atoms with E-state index in [1.54, 1.807) is 12.1 Å². The SMILES string of the molecule is CCCCCc1ccc2ccccc2c1[C@H](N1CCC(=O)N1)C(F)(F)F. The Morgan fingerprint density at radius 1 is 1.15 bits per heavy atom. The highest BCUT2D eigenvalue weighted by atomic mass is 19.4. The number of hydrogen-bond acceptors (Lipinski definition) is 2. The van der Waals surface area contributed by atoms with Gasteiger partial charge >= 0.3 is 6.18 Å². The van der Waals surface area contributed by atoms with Gasteiger partial charge in [-0.2, -0.15) is 13.2 Å². The molecule has 1 heterocycles. The molecule has 2 aromatic rings. The first-order valence-corrected chi connectivity index (χ1v) is 9.05. The number of alkyl halides is 3. The van der Waals surface area contributed by atoms with Crippen LogP contribution in [0.25, 0.3) is 10.8 Å². The maximum Gasteiger partial charge on any atom is 0.409 e. The zero-order valence-electron chi connectivity index (χ0n) is 14.8. The molecule has 1 amide bonds. The highest BCUT2D eigenvalue weighted by Gasteiger charge is 2.48. The van der Waals surface area contributed by atoms with Crippen molar-refractivity contribution in [1.29, 1.82) is 0 Å². The maximum absolute atomic E-state index is 14.1. The molecule has 0 radical (unpaired) electrons. The number of rotatable bonds is 6. The van der Waals surface area contributed by atoms with Crippen molar-refractivity contribution in [3.05, 3.63) is 47.5 Å². The summed E-state index contributed by atoms with van der Waals surface area (Å²) in [6, 6.07) is 9.01. The molecule has 3 rings (SSSR count). The largest absolute Gasteiger partial charge is 0.409 e. The van der Waals surface area contributed by atoms with Crippen molar-refractivity contribution >= 4 is 16.7 Å². The molecule has 140 valence electrons. The van der Waals surface area contributed by atoms with Crippen molar-refractivity contribution < 1.29 is 18.0 Å². The van der Waals surface area contributed by atoms with Gasteiger partial charge in [-0.3, -0.25) is 10.2 Å². The van der Waals surface area contributed by atoms with Crippen LogP contribution in [0.1, 0.15) is 49.8 Å². The number of benzene rings is 2. The van der Waals surface area contributed by atoms with Gasteiger partial charge in [0.1, 0.15) is 0 Å². The van der Waals surface area contributed by atoms with E-state index in [1.165, 1.54) is 0 Å². The molecule has 1 aliphatic heterocycles. The minimum Gasteiger partial charge on any atom is -0.288 e. The number of hydrogen-bond donors (Lipinski definition) is 1. The first kappa shape index (κ1) is 18.7. The molecule has 0 aliphatic carbocycles. The summed E-state index contributed by atoms with van der Waals surface area (Å²) >= 11 is 0. The number of carbonyl (C=O) groups is 1. The van der Waals surface area contributed by atoms with Gasteiger partial charge in [-0.05, 0) is 34.7 Å². The van der Waals surface area contributed by atoms with Gasteiger partial charge in [0.2, 0.25) is 5.91 Å². The molecule has 6 heteroatoms. The lowest BCUT2D eigenvalue weighted by Crippen LogP contribution is -2.44. The van der Waals surface area contributed by atoms with Gasteiger partial charge in [-0.25, -0.2) is 5.01 Å². The van der Waals surface area contributed by atoms with E-state index < -0.39 is 12.2 Å². The number of halogens is 3. The third kappa shape index (κ3) is 3.85. The van der Waals surface area contributed by atoms with Crippen LogP contribution in [0.3, 0.4) is 0 Å². The molecule has 0 aromatic heterocycles. The quantitative estimate of drug-likeness (QED) is 0.739. The van der Waals surface area contributed by atoms with Crippen LogP contribution in [0, 0.1) is 0 Å². The minimum atomic E-state index is -4.48. The number of amides is 1. The van der Waals surface area contributed by atoms with Crippen molar-refractivity contribution in [2.75, 3.05) is 6.54 Å². The fourth-order valence-corrected chi connectivity index (χ4v) is 3.63. The van der Waals surface area contributed by atoms with E-state index >= 15 is 0 Å². The van der Waals surface area contributed by atoms with E-state index in [0.29, 0.717) is 17.4 Å². The summed E-state index contributed by atoms with van der Waals surface area (Å²) in [5.74, 6) is -0.369. The number of unbranched alkanes of at least 4 members (excludes halogenated alkanes) is 2. The summed E-state index contributed by atoms with van der Waals surface area (Å²) in [4.78, 5) is 11.6. The van der Waals surface area contributed by atoms with Gasteiger partial charge in [0.15, 0.2) is 6.04 Å². The highest BCUT2D eigenvalue weighted by molar-refractivity contribution is 5.87. The summed E-state index contributed by atoms with van der Waals surface area (Å²) in [6.45, 7) is 2.13. The van der Waals surface area contributed by atoms with Crippen LogP contribution in [0.2, 0.25) is 0 Å². The molecule has 0 unspecified atom stereocenters. The molecule has 1 fully saturated rings. The number of nitrogens with zero attached hydrogens (tertiary/aromatic N) is 1. The van der Waals surface area contributed by atoms with Crippen LogP contribution in [0.15, 0.2) is 36.4 Å². The Morgan fingerprint density at radius 2 is 1.92 bits per heavy atom. The van der Waals surface area contributed by atoms with E-state index in [9.17, 15) is 18.0 Å². The molecule has 1 saturated heterocycles.